The Bertz CT molecular complexity index is 1230. The molecular weight excluding hydrogens is 595 g/mol. The normalized spacial score (nSPS) is 10.9. The van der Waals surface area contributed by atoms with Gasteiger partial charge in [-0.1, -0.05) is 51.8 Å². The van der Waals surface area contributed by atoms with Gasteiger partial charge in [-0.15, -0.1) is 0 Å². The standard InChI is InChI=1S/C26H22BrIN2O3/c1-3-32-24-13-19(11-20(15-29)26(31)30-22-9-5-8-21(27)14-22)12-23(28)25(24)33-16-18-7-4-6-17(2)10-18/h4-14H,3,16H2,1-2H3,(H,30,31)/b20-11-. The van der Waals surface area contributed by atoms with Gasteiger partial charge >= 0.3 is 0 Å². The van der Waals surface area contributed by atoms with Gasteiger partial charge in [0.05, 0.1) is 10.2 Å². The molecule has 0 bridgehead atoms. The Morgan fingerprint density at radius 2 is 1.94 bits per heavy atom. The Morgan fingerprint density at radius 3 is 2.64 bits per heavy atom. The van der Waals surface area contributed by atoms with Crippen LogP contribution in [0.3, 0.4) is 0 Å². The summed E-state index contributed by atoms with van der Waals surface area (Å²) in [7, 11) is 0. The van der Waals surface area contributed by atoms with Crippen molar-refractivity contribution in [3.05, 3.63) is 91.0 Å². The summed E-state index contributed by atoms with van der Waals surface area (Å²) in [6, 6.07) is 20.9. The number of carbonyl (C=O) groups excluding carboxylic acids is 1. The first-order valence-corrected chi connectivity index (χ1v) is 12.1. The topological polar surface area (TPSA) is 71.3 Å². The van der Waals surface area contributed by atoms with Gasteiger partial charge in [0, 0.05) is 10.2 Å². The summed E-state index contributed by atoms with van der Waals surface area (Å²) < 4.78 is 13.5. The summed E-state index contributed by atoms with van der Waals surface area (Å²) in [6.45, 7) is 4.80. The van der Waals surface area contributed by atoms with Crippen molar-refractivity contribution in [1.29, 1.82) is 5.26 Å². The Kier molecular flexibility index (Phi) is 8.92. The third kappa shape index (κ3) is 7.07. The summed E-state index contributed by atoms with van der Waals surface area (Å²) in [5.74, 6) is 0.713. The number of hydrogen-bond acceptors (Lipinski definition) is 4. The van der Waals surface area contributed by atoms with Crippen LogP contribution in [0.5, 0.6) is 11.5 Å². The second-order valence-electron chi connectivity index (χ2n) is 7.18. The number of rotatable bonds is 8. The molecule has 0 heterocycles. The summed E-state index contributed by atoms with van der Waals surface area (Å²) in [5.41, 5.74) is 3.49. The Hall–Kier alpha value is -2.83. The lowest BCUT2D eigenvalue weighted by Gasteiger charge is -2.15. The Morgan fingerprint density at radius 1 is 1.15 bits per heavy atom. The van der Waals surface area contributed by atoms with Crippen molar-refractivity contribution in [3.8, 4) is 17.6 Å². The maximum Gasteiger partial charge on any atom is 0.266 e. The lowest BCUT2D eigenvalue weighted by molar-refractivity contribution is -0.112. The molecule has 0 aromatic heterocycles. The molecule has 1 N–H and O–H groups in total. The fourth-order valence-corrected chi connectivity index (χ4v) is 4.29. The predicted octanol–water partition coefficient (Wildman–Crippen LogP) is 6.89. The highest BCUT2D eigenvalue weighted by molar-refractivity contribution is 14.1. The van der Waals surface area contributed by atoms with Gasteiger partial charge < -0.3 is 14.8 Å². The van der Waals surface area contributed by atoms with Gasteiger partial charge in [-0.3, -0.25) is 4.79 Å². The number of nitrogens with one attached hydrogen (secondary N) is 1. The fourth-order valence-electron chi connectivity index (χ4n) is 3.11. The van der Waals surface area contributed by atoms with E-state index in [1.54, 1.807) is 24.3 Å². The zero-order valence-corrected chi connectivity index (χ0v) is 21.9. The SMILES string of the molecule is CCOc1cc(/C=C(/C#N)C(=O)Nc2cccc(Br)c2)cc(I)c1OCc1cccc(C)c1. The van der Waals surface area contributed by atoms with Crippen LogP contribution in [0.15, 0.2) is 70.7 Å². The lowest BCUT2D eigenvalue weighted by Crippen LogP contribution is -2.13. The minimum Gasteiger partial charge on any atom is -0.490 e. The van der Waals surface area contributed by atoms with Crippen molar-refractivity contribution in [2.24, 2.45) is 0 Å². The quantitative estimate of drug-likeness (QED) is 0.170. The van der Waals surface area contributed by atoms with Crippen LogP contribution >= 0.6 is 38.5 Å². The van der Waals surface area contributed by atoms with E-state index in [2.05, 4.69) is 49.9 Å². The number of benzene rings is 3. The molecule has 0 aliphatic heterocycles. The number of hydrogen-bond donors (Lipinski definition) is 1. The molecule has 0 fully saturated rings. The van der Waals surface area contributed by atoms with E-state index >= 15 is 0 Å². The molecule has 0 radical (unpaired) electrons. The predicted molar refractivity (Wildman–Crippen MR) is 142 cm³/mol. The van der Waals surface area contributed by atoms with Crippen LogP contribution in [0.4, 0.5) is 5.69 Å². The number of nitrogens with zero attached hydrogens (tertiary/aromatic N) is 1. The van der Waals surface area contributed by atoms with E-state index < -0.39 is 5.91 Å². The van der Waals surface area contributed by atoms with Gasteiger partial charge in [0.1, 0.15) is 18.2 Å². The minimum atomic E-state index is -0.483. The molecular formula is C26H22BrIN2O3. The van der Waals surface area contributed by atoms with E-state index in [-0.39, 0.29) is 5.57 Å². The van der Waals surface area contributed by atoms with E-state index in [9.17, 15) is 10.1 Å². The highest BCUT2D eigenvalue weighted by Gasteiger charge is 2.15. The number of nitriles is 1. The molecule has 33 heavy (non-hydrogen) atoms. The molecule has 0 saturated carbocycles. The minimum absolute atomic E-state index is 0.0124. The van der Waals surface area contributed by atoms with Gasteiger partial charge in [0.25, 0.3) is 5.91 Å². The second kappa shape index (κ2) is 11.9. The molecule has 1 amide bonds. The average molecular weight is 617 g/mol. The third-order valence-electron chi connectivity index (χ3n) is 4.56. The maximum atomic E-state index is 12.6. The lowest BCUT2D eigenvalue weighted by atomic mass is 10.1. The first-order chi connectivity index (χ1) is 15.9. The summed E-state index contributed by atoms with van der Waals surface area (Å²) in [5, 5.41) is 12.3. The molecule has 3 aromatic carbocycles. The molecule has 7 heteroatoms. The molecule has 0 spiro atoms. The van der Waals surface area contributed by atoms with E-state index in [1.165, 1.54) is 5.56 Å². The molecule has 0 aliphatic rings. The van der Waals surface area contributed by atoms with Gasteiger partial charge in [-0.25, -0.2) is 0 Å². The molecule has 5 nitrogen and oxygen atoms in total. The zero-order chi connectivity index (χ0) is 23.8. The smallest absolute Gasteiger partial charge is 0.266 e. The van der Waals surface area contributed by atoms with E-state index in [0.717, 1.165) is 13.6 Å². The monoisotopic (exact) mass is 616 g/mol. The van der Waals surface area contributed by atoms with Crippen LogP contribution in [-0.4, -0.2) is 12.5 Å². The van der Waals surface area contributed by atoms with Crippen LogP contribution in [0.2, 0.25) is 0 Å². The highest BCUT2D eigenvalue weighted by atomic mass is 127. The van der Waals surface area contributed by atoms with Gasteiger partial charge in [0.15, 0.2) is 11.5 Å². The van der Waals surface area contributed by atoms with Crippen LogP contribution < -0.4 is 14.8 Å². The van der Waals surface area contributed by atoms with Gasteiger partial charge in [0.2, 0.25) is 0 Å². The first-order valence-electron chi connectivity index (χ1n) is 10.2. The van der Waals surface area contributed by atoms with E-state index in [4.69, 9.17) is 9.47 Å². The molecule has 0 aliphatic carbocycles. The van der Waals surface area contributed by atoms with Crippen LogP contribution in [-0.2, 0) is 11.4 Å². The summed E-state index contributed by atoms with van der Waals surface area (Å²) in [4.78, 5) is 12.6. The first kappa shape index (κ1) is 24.8. The summed E-state index contributed by atoms with van der Waals surface area (Å²) >= 11 is 5.55. The molecule has 3 rings (SSSR count). The number of aryl methyl sites for hydroxylation is 1. The molecule has 0 saturated heterocycles. The van der Waals surface area contributed by atoms with Crippen molar-refractivity contribution in [2.45, 2.75) is 20.5 Å². The molecule has 168 valence electrons. The van der Waals surface area contributed by atoms with E-state index in [1.807, 2.05) is 56.3 Å². The van der Waals surface area contributed by atoms with Crippen molar-refractivity contribution in [2.75, 3.05) is 11.9 Å². The van der Waals surface area contributed by atoms with Crippen LogP contribution in [0.25, 0.3) is 6.08 Å². The Balaban J connectivity index is 1.85. The third-order valence-corrected chi connectivity index (χ3v) is 5.85. The van der Waals surface area contributed by atoms with Crippen molar-refractivity contribution in [3.63, 3.8) is 0 Å². The van der Waals surface area contributed by atoms with Gasteiger partial charge in [-0.2, -0.15) is 5.26 Å². The number of carbonyl (C=O) groups is 1. The Labute approximate surface area is 215 Å². The highest BCUT2D eigenvalue weighted by Crippen LogP contribution is 2.35. The van der Waals surface area contributed by atoms with Crippen molar-refractivity contribution >= 4 is 56.2 Å². The molecule has 0 atom stereocenters. The molecule has 3 aromatic rings. The number of halogens is 2. The zero-order valence-electron chi connectivity index (χ0n) is 18.2. The average Bonchev–Trinajstić information content (AvgIpc) is 2.77. The van der Waals surface area contributed by atoms with Crippen molar-refractivity contribution < 1.29 is 14.3 Å². The fraction of sp³-hybridized carbons (Fsp3) is 0.154. The van der Waals surface area contributed by atoms with Crippen LogP contribution in [0, 0.1) is 21.8 Å². The largest absolute Gasteiger partial charge is 0.490 e. The number of ether oxygens (including phenoxy) is 2. The van der Waals surface area contributed by atoms with E-state index in [0.29, 0.717) is 36.0 Å². The number of anilines is 1. The number of amides is 1. The maximum absolute atomic E-state index is 12.6. The van der Waals surface area contributed by atoms with Crippen molar-refractivity contribution in [1.82, 2.24) is 0 Å². The molecule has 0 unspecified atom stereocenters. The van der Waals surface area contributed by atoms with Gasteiger partial charge in [-0.05, 0) is 84.0 Å². The summed E-state index contributed by atoms with van der Waals surface area (Å²) in [6.07, 6.45) is 1.54. The van der Waals surface area contributed by atoms with Crippen LogP contribution in [0.1, 0.15) is 23.6 Å². The second-order valence-corrected chi connectivity index (χ2v) is 9.25.